The zero-order chi connectivity index (χ0) is 13.0. The number of carbonyl (C=O) groups excluding carboxylic acids is 1. The molecule has 1 atom stereocenters. The molecule has 0 heterocycles. The maximum atomic E-state index is 11.9. The molecular weight excluding hydrogens is 304 g/mol. The molecule has 0 aliphatic carbocycles. The van der Waals surface area contributed by atoms with Crippen molar-refractivity contribution in [1.82, 2.24) is 10.2 Å². The summed E-state index contributed by atoms with van der Waals surface area (Å²) < 4.78 is 0.840. The van der Waals surface area contributed by atoms with Gasteiger partial charge < -0.3 is 10.2 Å². The Labute approximate surface area is 115 Å². The minimum absolute atomic E-state index is 0.148. The molecular formula is C12H16BrClN2O. The van der Waals surface area contributed by atoms with E-state index in [9.17, 15) is 4.79 Å². The van der Waals surface area contributed by atoms with Gasteiger partial charge in [0.2, 0.25) is 0 Å². The number of likely N-dealkylation sites (N-methyl/N-ethyl adjacent to an activating group) is 1. The predicted octanol–water partition coefficient (Wildman–Crippen LogP) is 2.78. The third-order valence-corrected chi connectivity index (χ3v) is 3.44. The van der Waals surface area contributed by atoms with Crippen LogP contribution in [0.25, 0.3) is 0 Å². The van der Waals surface area contributed by atoms with Crippen LogP contribution in [0.2, 0.25) is 5.02 Å². The van der Waals surface area contributed by atoms with Gasteiger partial charge in [-0.2, -0.15) is 0 Å². The molecule has 0 bridgehead atoms. The largest absolute Gasteiger partial charge is 0.350 e. The first-order chi connectivity index (χ1) is 7.91. The summed E-state index contributed by atoms with van der Waals surface area (Å²) in [7, 11) is 3.95. The van der Waals surface area contributed by atoms with Crippen LogP contribution in [-0.4, -0.2) is 37.5 Å². The van der Waals surface area contributed by atoms with Crippen molar-refractivity contribution < 1.29 is 4.79 Å². The lowest BCUT2D eigenvalue weighted by molar-refractivity contribution is 0.0944. The van der Waals surface area contributed by atoms with Crippen molar-refractivity contribution in [2.75, 3.05) is 20.6 Å². The van der Waals surface area contributed by atoms with Gasteiger partial charge in [0, 0.05) is 17.1 Å². The molecule has 0 spiro atoms. The Kier molecular flexibility index (Phi) is 5.43. The van der Waals surface area contributed by atoms with Crippen LogP contribution in [0.1, 0.15) is 17.3 Å². The van der Waals surface area contributed by atoms with Gasteiger partial charge in [0.1, 0.15) is 0 Å². The van der Waals surface area contributed by atoms with E-state index in [0.717, 1.165) is 4.47 Å². The van der Waals surface area contributed by atoms with E-state index in [0.29, 0.717) is 17.1 Å². The summed E-state index contributed by atoms with van der Waals surface area (Å²) in [6.45, 7) is 2.64. The van der Waals surface area contributed by atoms with Crippen molar-refractivity contribution in [3.05, 3.63) is 33.3 Å². The van der Waals surface area contributed by atoms with Crippen molar-refractivity contribution in [2.24, 2.45) is 0 Å². The summed E-state index contributed by atoms with van der Waals surface area (Å²) >= 11 is 9.30. The summed E-state index contributed by atoms with van der Waals surface area (Å²) in [5.41, 5.74) is 0.493. The first-order valence-electron chi connectivity index (χ1n) is 5.31. The van der Waals surface area contributed by atoms with Gasteiger partial charge in [0.05, 0.1) is 10.6 Å². The van der Waals surface area contributed by atoms with Gasteiger partial charge in [-0.05, 0) is 39.2 Å². The first kappa shape index (κ1) is 14.5. The highest BCUT2D eigenvalue weighted by atomic mass is 79.9. The van der Waals surface area contributed by atoms with E-state index in [-0.39, 0.29) is 11.9 Å². The molecule has 17 heavy (non-hydrogen) atoms. The predicted molar refractivity (Wildman–Crippen MR) is 74.6 cm³/mol. The zero-order valence-electron chi connectivity index (χ0n) is 10.1. The zero-order valence-corrected chi connectivity index (χ0v) is 12.5. The lowest BCUT2D eigenvalue weighted by atomic mass is 10.2. The van der Waals surface area contributed by atoms with Crippen LogP contribution in [0.4, 0.5) is 0 Å². The highest BCUT2D eigenvalue weighted by molar-refractivity contribution is 9.10. The quantitative estimate of drug-likeness (QED) is 0.925. The lowest BCUT2D eigenvalue weighted by Crippen LogP contribution is -2.38. The smallest absolute Gasteiger partial charge is 0.252 e. The first-order valence-corrected chi connectivity index (χ1v) is 6.48. The van der Waals surface area contributed by atoms with E-state index in [2.05, 4.69) is 21.2 Å². The lowest BCUT2D eigenvalue weighted by Gasteiger charge is -2.20. The van der Waals surface area contributed by atoms with Crippen molar-refractivity contribution in [3.63, 3.8) is 0 Å². The Morgan fingerprint density at radius 1 is 1.53 bits per heavy atom. The molecule has 1 aromatic rings. The maximum absolute atomic E-state index is 11.9. The van der Waals surface area contributed by atoms with E-state index >= 15 is 0 Å². The SMILES string of the molecule is CC(CNC(=O)c1cc(Br)ccc1Cl)N(C)C. The third kappa shape index (κ3) is 4.30. The van der Waals surface area contributed by atoms with Crippen LogP contribution in [0.3, 0.4) is 0 Å². The molecule has 1 amide bonds. The van der Waals surface area contributed by atoms with E-state index in [1.807, 2.05) is 32.0 Å². The molecule has 3 nitrogen and oxygen atoms in total. The molecule has 0 saturated carbocycles. The number of hydrogen-bond donors (Lipinski definition) is 1. The van der Waals surface area contributed by atoms with Crippen molar-refractivity contribution >= 4 is 33.4 Å². The number of halogens is 2. The number of rotatable bonds is 4. The highest BCUT2D eigenvalue weighted by Crippen LogP contribution is 2.20. The van der Waals surface area contributed by atoms with Crippen molar-refractivity contribution in [3.8, 4) is 0 Å². The molecule has 0 fully saturated rings. The average Bonchev–Trinajstić information content (AvgIpc) is 2.28. The Hall–Kier alpha value is -0.580. The van der Waals surface area contributed by atoms with Crippen LogP contribution in [0.5, 0.6) is 0 Å². The molecule has 0 aromatic heterocycles. The van der Waals surface area contributed by atoms with Gasteiger partial charge in [-0.3, -0.25) is 4.79 Å². The summed E-state index contributed by atoms with van der Waals surface area (Å²) in [6.07, 6.45) is 0. The summed E-state index contributed by atoms with van der Waals surface area (Å²) in [4.78, 5) is 14.0. The molecule has 94 valence electrons. The minimum Gasteiger partial charge on any atom is -0.350 e. The number of benzene rings is 1. The fourth-order valence-corrected chi connectivity index (χ4v) is 1.75. The molecule has 0 saturated heterocycles. The van der Waals surface area contributed by atoms with Crippen LogP contribution >= 0.6 is 27.5 Å². The van der Waals surface area contributed by atoms with E-state index in [4.69, 9.17) is 11.6 Å². The average molecular weight is 320 g/mol. The highest BCUT2D eigenvalue weighted by Gasteiger charge is 2.12. The number of carbonyl (C=O) groups is 1. The molecule has 0 aliphatic heterocycles. The number of nitrogens with one attached hydrogen (secondary N) is 1. The minimum atomic E-state index is -0.148. The fraction of sp³-hybridized carbons (Fsp3) is 0.417. The standard InChI is InChI=1S/C12H16BrClN2O/c1-8(16(2)3)7-15-12(17)10-6-9(13)4-5-11(10)14/h4-6,8H,7H2,1-3H3,(H,15,17). The van der Waals surface area contributed by atoms with Gasteiger partial charge in [-0.1, -0.05) is 27.5 Å². The fourth-order valence-electron chi connectivity index (χ4n) is 1.19. The molecule has 0 aliphatic rings. The van der Waals surface area contributed by atoms with E-state index < -0.39 is 0 Å². The van der Waals surface area contributed by atoms with Crippen molar-refractivity contribution in [2.45, 2.75) is 13.0 Å². The topological polar surface area (TPSA) is 32.3 Å². The Morgan fingerprint density at radius 3 is 2.76 bits per heavy atom. The van der Waals surface area contributed by atoms with Crippen LogP contribution in [0, 0.1) is 0 Å². The second kappa shape index (κ2) is 6.38. The molecule has 1 rings (SSSR count). The van der Waals surface area contributed by atoms with Gasteiger partial charge in [0.25, 0.3) is 5.91 Å². The molecule has 1 aromatic carbocycles. The van der Waals surface area contributed by atoms with E-state index in [1.165, 1.54) is 0 Å². The normalized spacial score (nSPS) is 12.6. The molecule has 1 N–H and O–H groups in total. The molecule has 1 unspecified atom stereocenters. The number of nitrogens with zero attached hydrogens (tertiary/aromatic N) is 1. The maximum Gasteiger partial charge on any atom is 0.252 e. The van der Waals surface area contributed by atoms with Gasteiger partial charge >= 0.3 is 0 Å². The molecule has 0 radical (unpaired) electrons. The summed E-state index contributed by atoms with van der Waals surface area (Å²) in [5, 5.41) is 3.32. The van der Waals surface area contributed by atoms with Crippen LogP contribution < -0.4 is 5.32 Å². The number of hydrogen-bond acceptors (Lipinski definition) is 2. The monoisotopic (exact) mass is 318 g/mol. The van der Waals surface area contributed by atoms with Crippen molar-refractivity contribution in [1.29, 1.82) is 0 Å². The van der Waals surface area contributed by atoms with E-state index in [1.54, 1.807) is 12.1 Å². The van der Waals surface area contributed by atoms with Gasteiger partial charge in [-0.25, -0.2) is 0 Å². The Morgan fingerprint density at radius 2 is 2.18 bits per heavy atom. The van der Waals surface area contributed by atoms with Crippen LogP contribution in [-0.2, 0) is 0 Å². The Bertz CT molecular complexity index is 409. The van der Waals surface area contributed by atoms with Gasteiger partial charge in [-0.15, -0.1) is 0 Å². The second-order valence-corrected chi connectivity index (χ2v) is 5.47. The van der Waals surface area contributed by atoms with Crippen LogP contribution in [0.15, 0.2) is 22.7 Å². The second-order valence-electron chi connectivity index (χ2n) is 4.15. The summed E-state index contributed by atoms with van der Waals surface area (Å²) in [5.74, 6) is -0.148. The molecule has 5 heteroatoms. The third-order valence-electron chi connectivity index (χ3n) is 2.61. The Balaban J connectivity index is 2.67. The number of amides is 1. The van der Waals surface area contributed by atoms with Gasteiger partial charge in [0.15, 0.2) is 0 Å². The summed E-state index contributed by atoms with van der Waals surface area (Å²) in [6, 6.07) is 5.51.